The minimum atomic E-state index is -0.569. The molecule has 0 saturated heterocycles. The Balaban J connectivity index is 0.000000341. The van der Waals surface area contributed by atoms with Gasteiger partial charge in [-0.25, -0.2) is 28.2 Å². The molecule has 0 bridgehead atoms. The van der Waals surface area contributed by atoms with Crippen molar-refractivity contribution < 1.29 is 19.0 Å². The summed E-state index contributed by atoms with van der Waals surface area (Å²) in [6.45, 7) is 0. The number of ether oxygens (including phenoxy) is 1. The second kappa shape index (κ2) is 32.3. The summed E-state index contributed by atoms with van der Waals surface area (Å²) in [5.74, 6) is 5.64. The Labute approximate surface area is 478 Å². The number of nitrogens with two attached hydrogens (primary N) is 4. The molecule has 0 aliphatic rings. The molecule has 0 fully saturated rings. The van der Waals surface area contributed by atoms with Gasteiger partial charge in [0, 0.05) is 46.5 Å². The van der Waals surface area contributed by atoms with Gasteiger partial charge in [0.15, 0.2) is 29.0 Å². The standard InChI is InChI=1S/C14H12N4O2.C13H9N5.C12H9BrN4.C6H7BrN2.C6H3FN2.CH4O.3CH4.ClH/c1-20-14(19)9-4-2-5-10(8-9)18-13(15)12-11(17-18)6-3-7-16-12;14-8-9-3-1-4-10(7-9)18-13(15)12-11(17-18)5-2-6-16-12;13-8-3-1-4-9(7-8)17-12(14)11-10(16-17)5-2-6-15-11;7-5-2-1-3-6(4-5)9-8;7-5-2-1-3-9-6(5)4-8;1-2;;;;/h2-8H,15H2,1H3;1-7H,15H2;1-7H,14H2;1-4,9H,8H2;1-3H;2H,1H3;3*1H4;1H. The number of rotatable bonds is 5. The highest BCUT2D eigenvalue weighted by Gasteiger charge is 2.14. The molecular weight excluding hydrogens is 1160 g/mol. The van der Waals surface area contributed by atoms with Crippen LogP contribution in [0.1, 0.15) is 43.9 Å². The number of aliphatic hydroxyl groups excluding tert-OH is 1. The monoisotopic (exact) mass is 1220 g/mol. The fourth-order valence-electron chi connectivity index (χ4n) is 6.64. The maximum absolute atomic E-state index is 12.3. The number of benzene rings is 4. The van der Waals surface area contributed by atoms with E-state index in [1.165, 1.54) is 25.4 Å². The quantitative estimate of drug-likeness (QED) is 0.0530. The molecule has 11 aromatic rings. The summed E-state index contributed by atoms with van der Waals surface area (Å²) in [5.41, 5.74) is 29.0. The Hall–Kier alpha value is -9.36. The number of methoxy groups -OCH3 is 1. The number of hydrogen-bond acceptors (Lipinski definition) is 17. The van der Waals surface area contributed by atoms with Crippen LogP contribution >= 0.6 is 44.3 Å². The molecular formula is C55H57Br2ClFN17O3. The fourth-order valence-corrected chi connectivity index (χ4v) is 7.43. The Kier molecular flexibility index (Phi) is 26.9. The number of nitriles is 2. The van der Waals surface area contributed by atoms with E-state index < -0.39 is 11.8 Å². The van der Waals surface area contributed by atoms with Crippen molar-refractivity contribution in [2.45, 2.75) is 22.3 Å². The maximum atomic E-state index is 12.3. The van der Waals surface area contributed by atoms with Gasteiger partial charge >= 0.3 is 5.97 Å². The maximum Gasteiger partial charge on any atom is 0.337 e. The molecule has 0 aliphatic carbocycles. The van der Waals surface area contributed by atoms with E-state index in [9.17, 15) is 9.18 Å². The molecule has 7 aromatic heterocycles. The second-order valence-corrected chi connectivity index (χ2v) is 16.6. The first-order valence-corrected chi connectivity index (χ1v) is 23.4. The number of carbonyl (C=O) groups is 1. The Morgan fingerprint density at radius 1 is 0.582 bits per heavy atom. The molecule has 7 heterocycles. The smallest absolute Gasteiger partial charge is 0.337 e. The van der Waals surface area contributed by atoms with Crippen molar-refractivity contribution in [2.75, 3.05) is 36.8 Å². The van der Waals surface area contributed by atoms with E-state index >= 15 is 0 Å². The molecule has 408 valence electrons. The molecule has 20 nitrogen and oxygen atoms in total. The average molecular weight is 1220 g/mol. The lowest BCUT2D eigenvalue weighted by molar-refractivity contribution is 0.0600. The van der Waals surface area contributed by atoms with E-state index in [0.29, 0.717) is 50.8 Å². The predicted molar refractivity (Wildman–Crippen MR) is 320 cm³/mol. The van der Waals surface area contributed by atoms with Crippen molar-refractivity contribution >= 4 is 106 Å². The van der Waals surface area contributed by atoms with Crippen LogP contribution in [0, 0.1) is 28.5 Å². The molecule has 10 N–H and O–H groups in total. The van der Waals surface area contributed by atoms with Crippen molar-refractivity contribution in [3.05, 3.63) is 202 Å². The van der Waals surface area contributed by atoms with E-state index in [-0.39, 0.29) is 40.4 Å². The number of nitrogens with one attached hydrogen (secondary N) is 1. The van der Waals surface area contributed by atoms with Gasteiger partial charge in [0.25, 0.3) is 0 Å². The zero-order valence-electron chi connectivity index (χ0n) is 40.1. The van der Waals surface area contributed by atoms with Gasteiger partial charge in [0.05, 0.1) is 41.4 Å². The van der Waals surface area contributed by atoms with Crippen LogP contribution in [0.25, 0.3) is 50.2 Å². The molecule has 0 aliphatic heterocycles. The molecule has 0 spiro atoms. The van der Waals surface area contributed by atoms with Crippen molar-refractivity contribution in [1.29, 1.82) is 10.5 Å². The van der Waals surface area contributed by atoms with Crippen LogP contribution in [0.5, 0.6) is 0 Å². The number of nitrogens with zero attached hydrogens (tertiary/aromatic N) is 12. The lowest BCUT2D eigenvalue weighted by Crippen LogP contribution is -2.05. The highest BCUT2D eigenvalue weighted by Crippen LogP contribution is 2.25. The number of fused-ring (bicyclic) bond motifs is 3. The van der Waals surface area contributed by atoms with Crippen LogP contribution in [-0.2, 0) is 4.74 Å². The summed E-state index contributed by atoms with van der Waals surface area (Å²) in [6, 6.07) is 46.9. The van der Waals surface area contributed by atoms with Gasteiger partial charge < -0.3 is 32.5 Å². The number of hydrazine groups is 1. The second-order valence-electron chi connectivity index (χ2n) is 14.8. The Morgan fingerprint density at radius 2 is 1.00 bits per heavy atom. The molecule has 4 aromatic carbocycles. The summed E-state index contributed by atoms with van der Waals surface area (Å²) in [4.78, 5) is 27.6. The first-order chi connectivity index (χ1) is 36.4. The molecule has 11 rings (SSSR count). The zero-order valence-corrected chi connectivity index (χ0v) is 44.1. The Bertz CT molecular complexity index is 3810. The number of anilines is 4. The van der Waals surface area contributed by atoms with E-state index in [0.717, 1.165) is 49.7 Å². The third kappa shape index (κ3) is 16.8. The van der Waals surface area contributed by atoms with Gasteiger partial charge in [-0.2, -0.15) is 25.8 Å². The first-order valence-electron chi connectivity index (χ1n) is 21.8. The molecule has 0 saturated carbocycles. The molecule has 0 radical (unpaired) electrons. The third-order valence-corrected chi connectivity index (χ3v) is 11.0. The van der Waals surface area contributed by atoms with Crippen LogP contribution in [0.3, 0.4) is 0 Å². The van der Waals surface area contributed by atoms with Crippen molar-refractivity contribution in [2.24, 2.45) is 5.84 Å². The zero-order chi connectivity index (χ0) is 53.9. The fraction of sp³-hybridized carbons (Fsp3) is 0.0909. The summed E-state index contributed by atoms with van der Waals surface area (Å²) >= 11 is 6.74. The number of halogens is 4. The van der Waals surface area contributed by atoms with Gasteiger partial charge in [0.2, 0.25) is 0 Å². The molecule has 0 amide bonds. The number of nitrogen functional groups attached to an aromatic ring is 4. The largest absolute Gasteiger partial charge is 0.465 e. The molecule has 0 unspecified atom stereocenters. The average Bonchev–Trinajstić information content (AvgIpc) is 4.20. The normalized spacial score (nSPS) is 9.48. The summed E-state index contributed by atoms with van der Waals surface area (Å²) in [5, 5.41) is 37.3. The van der Waals surface area contributed by atoms with Crippen LogP contribution in [0.4, 0.5) is 27.5 Å². The van der Waals surface area contributed by atoms with Gasteiger partial charge in [-0.3, -0.25) is 20.8 Å². The van der Waals surface area contributed by atoms with Crippen LogP contribution in [0.2, 0.25) is 0 Å². The number of esters is 1. The number of aromatic nitrogens is 10. The highest BCUT2D eigenvalue weighted by molar-refractivity contribution is 9.10. The van der Waals surface area contributed by atoms with Crippen molar-refractivity contribution in [3.8, 4) is 29.2 Å². The van der Waals surface area contributed by atoms with Crippen molar-refractivity contribution in [3.63, 3.8) is 0 Å². The van der Waals surface area contributed by atoms with Crippen LogP contribution in [-0.4, -0.2) is 74.6 Å². The van der Waals surface area contributed by atoms with Gasteiger partial charge in [-0.1, -0.05) is 78.4 Å². The van der Waals surface area contributed by atoms with E-state index in [1.807, 2.05) is 91.0 Å². The van der Waals surface area contributed by atoms with Gasteiger partial charge in [-0.15, -0.1) is 12.4 Å². The molecule has 79 heavy (non-hydrogen) atoms. The van der Waals surface area contributed by atoms with E-state index in [2.05, 4.69) is 78.6 Å². The number of pyridine rings is 4. The Morgan fingerprint density at radius 3 is 1.39 bits per heavy atom. The number of aliphatic hydroxyl groups is 1. The molecule has 0 atom stereocenters. The molecule has 24 heteroatoms. The van der Waals surface area contributed by atoms with Gasteiger partial charge in [-0.05, 0) is 121 Å². The summed E-state index contributed by atoms with van der Waals surface area (Å²) in [6.07, 6.45) is 6.43. The topological polar surface area (TPSA) is 315 Å². The third-order valence-electron chi connectivity index (χ3n) is 10.0. The van der Waals surface area contributed by atoms with E-state index in [1.54, 1.807) is 81.2 Å². The number of hydrogen-bond donors (Lipinski definition) is 6. The van der Waals surface area contributed by atoms with E-state index in [4.69, 9.17) is 43.4 Å². The summed E-state index contributed by atoms with van der Waals surface area (Å²) in [7, 11) is 2.34. The highest BCUT2D eigenvalue weighted by atomic mass is 79.9. The van der Waals surface area contributed by atoms with Crippen molar-refractivity contribution in [1.82, 2.24) is 49.3 Å². The minimum absolute atomic E-state index is 0. The van der Waals surface area contributed by atoms with Gasteiger partial charge in [0.1, 0.15) is 39.2 Å². The van der Waals surface area contributed by atoms with Crippen LogP contribution in [0.15, 0.2) is 179 Å². The van der Waals surface area contributed by atoms with Crippen LogP contribution < -0.4 is 28.5 Å². The first kappa shape index (κ1) is 65.8. The lowest BCUT2D eigenvalue weighted by Gasteiger charge is -2.05. The SMILES string of the molecule is C.C.C.CO.COC(=O)c1cccc(-n2nc3cccnc3c2N)c1.Cl.N#Cc1cccc(-n2nc3cccnc3c2N)c1.N#Cc1ncccc1F.NNc1cccc(Br)c1.Nc1c2ncccc2nn1-c1cccc(Br)c1. The minimum Gasteiger partial charge on any atom is -0.465 e. The summed E-state index contributed by atoms with van der Waals surface area (Å²) < 4.78 is 23.9. The predicted octanol–water partition coefficient (Wildman–Crippen LogP) is 11.2. The lowest BCUT2D eigenvalue weighted by atomic mass is 10.2. The number of carbonyl (C=O) groups excluding carboxylic acids is 1.